The van der Waals surface area contributed by atoms with Gasteiger partial charge in [-0.15, -0.1) is 0 Å². The predicted octanol–water partition coefficient (Wildman–Crippen LogP) is 0.0681. The Morgan fingerprint density at radius 3 is 2.40 bits per heavy atom. The van der Waals surface area contributed by atoms with Gasteiger partial charge in [0.15, 0.2) is 0 Å². The Balaban J connectivity index is 3.44. The van der Waals surface area contributed by atoms with E-state index in [1.807, 2.05) is 6.92 Å². The number of esters is 1. The van der Waals surface area contributed by atoms with Crippen LogP contribution in [0.1, 0.15) is 26.7 Å². The van der Waals surface area contributed by atoms with Gasteiger partial charge in [0.2, 0.25) is 5.91 Å². The molecule has 116 valence electrons. The maximum absolute atomic E-state index is 11.3. The molecule has 0 fully saturated rings. The molecule has 0 aliphatic carbocycles. The summed E-state index contributed by atoms with van der Waals surface area (Å²) in [5.74, 6) is -0.864. The van der Waals surface area contributed by atoms with Gasteiger partial charge in [0.25, 0.3) is 0 Å². The highest BCUT2D eigenvalue weighted by Gasteiger charge is 2.06. The average molecular weight is 289 g/mol. The molecular weight excluding hydrogens is 266 g/mol. The van der Waals surface area contributed by atoms with Crippen LogP contribution in [0.25, 0.3) is 0 Å². The molecule has 0 rings (SSSR count). The summed E-state index contributed by atoms with van der Waals surface area (Å²) in [7, 11) is 0. The number of hydrogen-bond donors (Lipinski definition) is 1. The van der Waals surface area contributed by atoms with Crippen LogP contribution in [0.15, 0.2) is 0 Å². The standard InChI is InChI=1S/C13H23NO6/c1-3-18-7-8-19-10-12(16)14-9-13(17)20-6-4-5-11(2)15/h3-10H2,1-2H3,(H,14,16). The topological polar surface area (TPSA) is 90.9 Å². The third-order valence-electron chi connectivity index (χ3n) is 2.18. The Morgan fingerprint density at radius 1 is 1.05 bits per heavy atom. The highest BCUT2D eigenvalue weighted by Crippen LogP contribution is 1.91. The average Bonchev–Trinajstić information content (AvgIpc) is 2.41. The first-order chi connectivity index (χ1) is 9.56. The fourth-order valence-electron chi connectivity index (χ4n) is 1.21. The van der Waals surface area contributed by atoms with Crippen molar-refractivity contribution >= 4 is 17.7 Å². The van der Waals surface area contributed by atoms with Gasteiger partial charge in [0.1, 0.15) is 18.9 Å². The zero-order valence-electron chi connectivity index (χ0n) is 12.1. The maximum Gasteiger partial charge on any atom is 0.325 e. The Morgan fingerprint density at radius 2 is 1.75 bits per heavy atom. The molecule has 0 aromatic heterocycles. The minimum absolute atomic E-state index is 0.0542. The summed E-state index contributed by atoms with van der Waals surface area (Å²) in [5, 5.41) is 2.38. The van der Waals surface area contributed by atoms with E-state index in [-0.39, 0.29) is 31.4 Å². The summed E-state index contributed by atoms with van der Waals surface area (Å²) in [5.41, 5.74) is 0. The van der Waals surface area contributed by atoms with Crippen LogP contribution in [0.2, 0.25) is 0 Å². The number of rotatable bonds is 12. The number of carbonyl (C=O) groups excluding carboxylic acids is 3. The molecule has 0 radical (unpaired) electrons. The van der Waals surface area contributed by atoms with Gasteiger partial charge in [-0.05, 0) is 20.3 Å². The van der Waals surface area contributed by atoms with Gasteiger partial charge in [-0.1, -0.05) is 0 Å². The lowest BCUT2D eigenvalue weighted by Crippen LogP contribution is -2.33. The molecule has 1 amide bonds. The van der Waals surface area contributed by atoms with Crippen LogP contribution in [-0.2, 0) is 28.6 Å². The van der Waals surface area contributed by atoms with E-state index < -0.39 is 5.97 Å². The fraction of sp³-hybridized carbons (Fsp3) is 0.769. The third-order valence-corrected chi connectivity index (χ3v) is 2.18. The molecule has 7 heteroatoms. The van der Waals surface area contributed by atoms with E-state index in [9.17, 15) is 14.4 Å². The van der Waals surface area contributed by atoms with E-state index in [1.165, 1.54) is 6.92 Å². The van der Waals surface area contributed by atoms with Crippen LogP contribution in [-0.4, -0.2) is 57.2 Å². The van der Waals surface area contributed by atoms with E-state index in [2.05, 4.69) is 5.32 Å². The van der Waals surface area contributed by atoms with Gasteiger partial charge in [-0.3, -0.25) is 9.59 Å². The zero-order chi connectivity index (χ0) is 15.2. The molecule has 1 N–H and O–H groups in total. The first kappa shape index (κ1) is 18.5. The number of Topliss-reactive ketones (excluding diaryl/α,β-unsaturated/α-hetero) is 1. The van der Waals surface area contributed by atoms with Crippen LogP contribution < -0.4 is 5.32 Å². The van der Waals surface area contributed by atoms with E-state index in [0.29, 0.717) is 32.7 Å². The van der Waals surface area contributed by atoms with Crippen LogP contribution >= 0.6 is 0 Å². The summed E-state index contributed by atoms with van der Waals surface area (Å²) in [6, 6.07) is 0. The van der Waals surface area contributed by atoms with E-state index in [1.54, 1.807) is 0 Å². The lowest BCUT2D eigenvalue weighted by Gasteiger charge is -2.07. The van der Waals surface area contributed by atoms with Crippen molar-refractivity contribution in [3.8, 4) is 0 Å². The van der Waals surface area contributed by atoms with Gasteiger partial charge in [0, 0.05) is 13.0 Å². The summed E-state index contributed by atoms with van der Waals surface area (Å²) < 4.78 is 14.9. The van der Waals surface area contributed by atoms with Crippen molar-refractivity contribution in [2.24, 2.45) is 0 Å². The SMILES string of the molecule is CCOCCOCC(=O)NCC(=O)OCCCC(C)=O. The minimum Gasteiger partial charge on any atom is -0.464 e. The molecule has 0 spiro atoms. The smallest absolute Gasteiger partial charge is 0.325 e. The quantitative estimate of drug-likeness (QED) is 0.404. The van der Waals surface area contributed by atoms with Gasteiger partial charge >= 0.3 is 5.97 Å². The van der Waals surface area contributed by atoms with E-state index in [0.717, 1.165) is 0 Å². The van der Waals surface area contributed by atoms with E-state index in [4.69, 9.17) is 14.2 Å². The molecule has 0 unspecified atom stereocenters. The minimum atomic E-state index is -0.531. The molecule has 0 heterocycles. The molecule has 20 heavy (non-hydrogen) atoms. The number of carbonyl (C=O) groups is 3. The molecule has 0 atom stereocenters. The molecular formula is C13H23NO6. The predicted molar refractivity (Wildman–Crippen MR) is 71.2 cm³/mol. The fourth-order valence-corrected chi connectivity index (χ4v) is 1.21. The number of amides is 1. The Labute approximate surface area is 118 Å². The lowest BCUT2D eigenvalue weighted by atomic mass is 10.2. The summed E-state index contributed by atoms with van der Waals surface area (Å²) in [4.78, 5) is 33.1. The lowest BCUT2D eigenvalue weighted by molar-refractivity contribution is -0.144. The van der Waals surface area contributed by atoms with Gasteiger partial charge in [0.05, 0.1) is 19.8 Å². The van der Waals surface area contributed by atoms with Gasteiger partial charge < -0.3 is 24.3 Å². The number of ether oxygens (including phenoxy) is 3. The summed E-state index contributed by atoms with van der Waals surface area (Å²) in [6.07, 6.45) is 0.878. The molecule has 0 aromatic rings. The molecule has 0 bridgehead atoms. The van der Waals surface area contributed by atoms with Gasteiger partial charge in [-0.25, -0.2) is 0 Å². The van der Waals surface area contributed by atoms with Gasteiger partial charge in [-0.2, -0.15) is 0 Å². The summed E-state index contributed by atoms with van der Waals surface area (Å²) in [6.45, 7) is 4.57. The largest absolute Gasteiger partial charge is 0.464 e. The first-order valence-corrected chi connectivity index (χ1v) is 6.63. The second kappa shape index (κ2) is 12.6. The van der Waals surface area contributed by atoms with Crippen LogP contribution in [0.5, 0.6) is 0 Å². The second-order valence-electron chi connectivity index (χ2n) is 4.05. The monoisotopic (exact) mass is 289 g/mol. The van der Waals surface area contributed by atoms with Crippen molar-refractivity contribution in [2.45, 2.75) is 26.7 Å². The maximum atomic E-state index is 11.3. The third kappa shape index (κ3) is 13.0. The highest BCUT2D eigenvalue weighted by atomic mass is 16.5. The molecule has 0 aliphatic heterocycles. The Bertz CT molecular complexity index is 305. The van der Waals surface area contributed by atoms with E-state index >= 15 is 0 Å². The van der Waals surface area contributed by atoms with Crippen molar-refractivity contribution in [1.82, 2.24) is 5.32 Å². The summed E-state index contributed by atoms with van der Waals surface area (Å²) >= 11 is 0. The van der Waals surface area contributed by atoms with Crippen molar-refractivity contribution in [3.63, 3.8) is 0 Å². The Hall–Kier alpha value is -1.47. The van der Waals surface area contributed by atoms with Crippen LogP contribution in [0.3, 0.4) is 0 Å². The Kier molecular flexibility index (Phi) is 11.6. The number of hydrogen-bond acceptors (Lipinski definition) is 6. The van der Waals surface area contributed by atoms with Crippen LogP contribution in [0.4, 0.5) is 0 Å². The normalized spacial score (nSPS) is 10.1. The van der Waals surface area contributed by atoms with Crippen LogP contribution in [0, 0.1) is 0 Å². The molecule has 0 aliphatic rings. The molecule has 0 saturated heterocycles. The second-order valence-corrected chi connectivity index (χ2v) is 4.05. The van der Waals surface area contributed by atoms with Crippen molar-refractivity contribution < 1.29 is 28.6 Å². The molecule has 0 aromatic carbocycles. The molecule has 0 saturated carbocycles. The van der Waals surface area contributed by atoms with Crippen molar-refractivity contribution in [1.29, 1.82) is 0 Å². The first-order valence-electron chi connectivity index (χ1n) is 6.63. The number of ketones is 1. The zero-order valence-corrected chi connectivity index (χ0v) is 12.1. The highest BCUT2D eigenvalue weighted by molar-refractivity contribution is 5.82. The molecule has 7 nitrogen and oxygen atoms in total. The van der Waals surface area contributed by atoms with Crippen molar-refractivity contribution in [3.05, 3.63) is 0 Å². The van der Waals surface area contributed by atoms with Crippen molar-refractivity contribution in [2.75, 3.05) is 39.6 Å². The number of nitrogens with one attached hydrogen (secondary N) is 1.